The standard InChI is InChI=1S/C16H15NO2S/c1-2-19-16(18)14-13-11(20-15(14)17)7-6-10-8-4-3-5-9(8)12(10)13/h5-8H,2-4,17H2,1H3. The van der Waals surface area contributed by atoms with Crippen molar-refractivity contribution < 1.29 is 9.53 Å². The van der Waals surface area contributed by atoms with Gasteiger partial charge in [0.25, 0.3) is 0 Å². The number of thiophene rings is 1. The fourth-order valence-electron chi connectivity index (χ4n) is 3.46. The molecule has 2 N–H and O–H groups in total. The Kier molecular flexibility index (Phi) is 2.45. The summed E-state index contributed by atoms with van der Waals surface area (Å²) in [6.45, 7) is 2.19. The summed E-state index contributed by atoms with van der Waals surface area (Å²) in [6, 6.07) is 4.28. The van der Waals surface area contributed by atoms with Crippen LogP contribution < -0.4 is 5.73 Å². The highest BCUT2D eigenvalue weighted by Crippen LogP contribution is 2.56. The molecule has 0 fully saturated rings. The van der Waals surface area contributed by atoms with Gasteiger partial charge in [0.15, 0.2) is 0 Å². The van der Waals surface area contributed by atoms with Crippen molar-refractivity contribution in [1.82, 2.24) is 0 Å². The number of nitrogen functional groups attached to an aromatic ring is 1. The van der Waals surface area contributed by atoms with Crippen molar-refractivity contribution in [3.05, 3.63) is 34.9 Å². The average Bonchev–Trinajstić information content (AvgIpc) is 2.95. The molecule has 4 heteroatoms. The molecular weight excluding hydrogens is 270 g/mol. The van der Waals surface area contributed by atoms with Crippen LogP contribution in [0, 0.1) is 0 Å². The van der Waals surface area contributed by atoms with E-state index in [4.69, 9.17) is 10.5 Å². The van der Waals surface area contributed by atoms with Gasteiger partial charge in [-0.2, -0.15) is 0 Å². The van der Waals surface area contributed by atoms with Gasteiger partial charge in [-0.15, -0.1) is 11.3 Å². The van der Waals surface area contributed by atoms with Crippen molar-refractivity contribution in [2.75, 3.05) is 12.3 Å². The summed E-state index contributed by atoms with van der Waals surface area (Å²) in [5.74, 6) is 0.275. The smallest absolute Gasteiger partial charge is 0.341 e. The number of hydrogen-bond donors (Lipinski definition) is 1. The first kappa shape index (κ1) is 12.0. The number of nitrogens with two attached hydrogens (primary N) is 1. The van der Waals surface area contributed by atoms with Gasteiger partial charge in [0, 0.05) is 16.0 Å². The van der Waals surface area contributed by atoms with E-state index < -0.39 is 0 Å². The van der Waals surface area contributed by atoms with Gasteiger partial charge in [-0.1, -0.05) is 12.1 Å². The lowest BCUT2D eigenvalue weighted by Gasteiger charge is -2.31. The summed E-state index contributed by atoms with van der Waals surface area (Å²) < 4.78 is 6.25. The highest BCUT2D eigenvalue weighted by molar-refractivity contribution is 7.23. The Balaban J connectivity index is 2.00. The van der Waals surface area contributed by atoms with E-state index in [9.17, 15) is 4.79 Å². The van der Waals surface area contributed by atoms with Gasteiger partial charge in [0.1, 0.15) is 10.6 Å². The minimum absolute atomic E-state index is 0.299. The minimum Gasteiger partial charge on any atom is -0.462 e. The van der Waals surface area contributed by atoms with Crippen LogP contribution in [0.4, 0.5) is 5.00 Å². The van der Waals surface area contributed by atoms with E-state index in [-0.39, 0.29) is 5.97 Å². The number of allylic oxidation sites excluding steroid dienone is 2. The molecule has 102 valence electrons. The second-order valence-electron chi connectivity index (χ2n) is 5.25. The molecule has 0 radical (unpaired) electrons. The zero-order valence-electron chi connectivity index (χ0n) is 11.2. The van der Waals surface area contributed by atoms with E-state index in [0.29, 0.717) is 23.1 Å². The maximum Gasteiger partial charge on any atom is 0.341 e. The first-order valence-corrected chi connectivity index (χ1v) is 7.76. The molecule has 1 aromatic carbocycles. The topological polar surface area (TPSA) is 52.3 Å². The zero-order valence-corrected chi connectivity index (χ0v) is 12.0. The summed E-state index contributed by atoms with van der Waals surface area (Å²) >= 11 is 1.47. The SMILES string of the molecule is CCOC(=O)c1c(N)sc2ccc3c(c12)C1=CCCC13. The molecule has 20 heavy (non-hydrogen) atoms. The van der Waals surface area contributed by atoms with Gasteiger partial charge in [0.2, 0.25) is 0 Å². The minimum atomic E-state index is -0.299. The van der Waals surface area contributed by atoms with Crippen LogP contribution in [0.5, 0.6) is 0 Å². The molecule has 1 atom stereocenters. The Morgan fingerprint density at radius 3 is 3.15 bits per heavy atom. The highest BCUT2D eigenvalue weighted by Gasteiger charge is 2.38. The Morgan fingerprint density at radius 2 is 2.35 bits per heavy atom. The molecule has 1 unspecified atom stereocenters. The molecule has 1 aromatic heterocycles. The Morgan fingerprint density at radius 1 is 1.50 bits per heavy atom. The van der Waals surface area contributed by atoms with Crippen molar-refractivity contribution in [2.24, 2.45) is 0 Å². The lowest BCUT2D eigenvalue weighted by atomic mass is 9.72. The number of carbonyl (C=O) groups is 1. The van der Waals surface area contributed by atoms with Crippen molar-refractivity contribution in [2.45, 2.75) is 25.7 Å². The molecule has 2 aromatic rings. The van der Waals surface area contributed by atoms with Crippen LogP contribution in [-0.2, 0) is 4.74 Å². The number of benzene rings is 1. The lowest BCUT2D eigenvalue weighted by molar-refractivity contribution is 0.0530. The van der Waals surface area contributed by atoms with E-state index in [1.807, 2.05) is 6.92 Å². The van der Waals surface area contributed by atoms with Crippen LogP contribution in [0.2, 0.25) is 0 Å². The van der Waals surface area contributed by atoms with Crippen molar-refractivity contribution >= 4 is 38.0 Å². The third kappa shape index (κ3) is 1.37. The number of anilines is 1. The maximum absolute atomic E-state index is 12.2. The van der Waals surface area contributed by atoms with Gasteiger partial charge in [-0.05, 0) is 42.5 Å². The molecule has 2 aliphatic rings. The quantitative estimate of drug-likeness (QED) is 0.850. The maximum atomic E-state index is 12.2. The molecule has 0 aliphatic heterocycles. The number of esters is 1. The molecule has 3 nitrogen and oxygen atoms in total. The van der Waals surface area contributed by atoms with Crippen LogP contribution >= 0.6 is 11.3 Å². The third-order valence-electron chi connectivity index (χ3n) is 4.25. The number of rotatable bonds is 2. The number of ether oxygens (including phenoxy) is 1. The molecule has 0 amide bonds. The van der Waals surface area contributed by atoms with E-state index in [2.05, 4.69) is 18.2 Å². The van der Waals surface area contributed by atoms with E-state index in [1.54, 1.807) is 0 Å². The molecule has 0 spiro atoms. The summed E-state index contributed by atoms with van der Waals surface area (Å²) in [4.78, 5) is 12.2. The molecule has 0 saturated heterocycles. The van der Waals surface area contributed by atoms with Gasteiger partial charge >= 0.3 is 5.97 Å². The first-order valence-electron chi connectivity index (χ1n) is 6.94. The van der Waals surface area contributed by atoms with E-state index in [1.165, 1.54) is 34.5 Å². The third-order valence-corrected chi connectivity index (χ3v) is 5.24. The van der Waals surface area contributed by atoms with Crippen molar-refractivity contribution in [1.29, 1.82) is 0 Å². The predicted octanol–water partition coefficient (Wildman–Crippen LogP) is 3.93. The number of hydrogen-bond acceptors (Lipinski definition) is 4. The summed E-state index contributed by atoms with van der Waals surface area (Å²) in [6.07, 6.45) is 4.63. The first-order chi connectivity index (χ1) is 9.72. The zero-order chi connectivity index (χ0) is 13.9. The normalized spacial score (nSPS) is 19.2. The highest BCUT2D eigenvalue weighted by atomic mass is 32.1. The molecular formula is C16H15NO2S. The number of fused-ring (bicyclic) bond motifs is 6. The van der Waals surface area contributed by atoms with Gasteiger partial charge in [-0.25, -0.2) is 4.79 Å². The van der Waals surface area contributed by atoms with Crippen LogP contribution in [0.25, 0.3) is 15.7 Å². The van der Waals surface area contributed by atoms with Gasteiger partial charge in [0.05, 0.1) is 6.61 Å². The van der Waals surface area contributed by atoms with E-state index in [0.717, 1.165) is 16.5 Å². The molecule has 1 heterocycles. The lowest BCUT2D eigenvalue weighted by Crippen LogP contribution is -2.14. The molecule has 0 saturated carbocycles. The Hall–Kier alpha value is -1.81. The number of carbonyl (C=O) groups excluding carboxylic acids is 1. The summed E-state index contributed by atoms with van der Waals surface area (Å²) in [5, 5.41) is 1.57. The molecule has 2 aliphatic carbocycles. The Bertz CT molecular complexity index is 772. The molecule has 4 rings (SSSR count). The second-order valence-corrected chi connectivity index (χ2v) is 6.34. The average molecular weight is 285 g/mol. The molecule has 0 bridgehead atoms. The van der Waals surface area contributed by atoms with Crippen molar-refractivity contribution in [3.63, 3.8) is 0 Å². The Labute approximate surface area is 121 Å². The van der Waals surface area contributed by atoms with Gasteiger partial charge in [-0.3, -0.25) is 0 Å². The van der Waals surface area contributed by atoms with Crippen LogP contribution in [0.15, 0.2) is 18.2 Å². The fraction of sp³-hybridized carbons (Fsp3) is 0.312. The van der Waals surface area contributed by atoms with E-state index >= 15 is 0 Å². The second kappa shape index (κ2) is 4.09. The van der Waals surface area contributed by atoms with Crippen molar-refractivity contribution in [3.8, 4) is 0 Å². The van der Waals surface area contributed by atoms with Crippen LogP contribution in [-0.4, -0.2) is 12.6 Å². The summed E-state index contributed by atoms with van der Waals surface area (Å²) in [7, 11) is 0. The fourth-order valence-corrected chi connectivity index (χ4v) is 4.42. The van der Waals surface area contributed by atoms with Gasteiger partial charge < -0.3 is 10.5 Å². The monoisotopic (exact) mass is 285 g/mol. The largest absolute Gasteiger partial charge is 0.462 e. The summed E-state index contributed by atoms with van der Waals surface area (Å²) in [5.41, 5.74) is 10.6. The van der Waals surface area contributed by atoms with Crippen LogP contribution in [0.1, 0.15) is 47.2 Å². The predicted molar refractivity (Wildman–Crippen MR) is 82.1 cm³/mol. The van der Waals surface area contributed by atoms with Crippen LogP contribution in [0.3, 0.4) is 0 Å².